The van der Waals surface area contributed by atoms with E-state index in [4.69, 9.17) is 4.74 Å². The van der Waals surface area contributed by atoms with E-state index in [0.29, 0.717) is 17.9 Å². The van der Waals surface area contributed by atoms with Gasteiger partial charge in [0.2, 0.25) is 0 Å². The van der Waals surface area contributed by atoms with E-state index >= 15 is 0 Å². The highest BCUT2D eigenvalue weighted by molar-refractivity contribution is 6.05. The van der Waals surface area contributed by atoms with Crippen LogP contribution < -0.4 is 10.1 Å². The maximum Gasteiger partial charge on any atom is 0.255 e. The van der Waals surface area contributed by atoms with Gasteiger partial charge in [-0.15, -0.1) is 0 Å². The minimum atomic E-state index is -0.147. The molecule has 2 aromatic carbocycles. The molecule has 33 heavy (non-hydrogen) atoms. The third-order valence-electron chi connectivity index (χ3n) is 5.99. The van der Waals surface area contributed by atoms with Gasteiger partial charge < -0.3 is 24.1 Å². The SMILES string of the molecule is CCN(CC)CCn1ccc2cc(NC(=O)c3ccc(OCc4nccn4C)cc3)ccc21. The number of nitrogens with one attached hydrogen (secondary N) is 1. The second-order valence-electron chi connectivity index (χ2n) is 8.03. The number of aromatic nitrogens is 3. The van der Waals surface area contributed by atoms with E-state index in [1.165, 1.54) is 5.52 Å². The minimum absolute atomic E-state index is 0.147. The fourth-order valence-electron chi connectivity index (χ4n) is 3.85. The number of aryl methyl sites for hydroxylation is 1. The smallest absolute Gasteiger partial charge is 0.255 e. The van der Waals surface area contributed by atoms with Crippen LogP contribution in [0.15, 0.2) is 67.1 Å². The van der Waals surface area contributed by atoms with Gasteiger partial charge in [0.25, 0.3) is 5.91 Å². The van der Waals surface area contributed by atoms with Gasteiger partial charge in [0, 0.05) is 60.9 Å². The molecule has 0 atom stereocenters. The van der Waals surface area contributed by atoms with Crippen LogP contribution in [0.25, 0.3) is 10.9 Å². The normalized spacial score (nSPS) is 11.3. The first kappa shape index (κ1) is 22.6. The molecule has 0 saturated heterocycles. The quantitative estimate of drug-likeness (QED) is 0.389. The summed E-state index contributed by atoms with van der Waals surface area (Å²) in [4.78, 5) is 19.4. The summed E-state index contributed by atoms with van der Waals surface area (Å²) in [5.41, 5.74) is 2.54. The van der Waals surface area contributed by atoms with Crippen molar-refractivity contribution in [2.75, 3.05) is 25.0 Å². The Bertz CT molecular complexity index is 1210. The number of fused-ring (bicyclic) bond motifs is 1. The van der Waals surface area contributed by atoms with E-state index in [9.17, 15) is 4.79 Å². The van der Waals surface area contributed by atoms with Crippen LogP contribution in [0.3, 0.4) is 0 Å². The molecule has 0 bridgehead atoms. The lowest BCUT2D eigenvalue weighted by Gasteiger charge is -2.18. The third-order valence-corrected chi connectivity index (χ3v) is 5.99. The Morgan fingerprint density at radius 2 is 1.85 bits per heavy atom. The average molecular weight is 446 g/mol. The summed E-state index contributed by atoms with van der Waals surface area (Å²) in [6.07, 6.45) is 5.74. The maximum atomic E-state index is 12.7. The molecule has 2 aromatic heterocycles. The van der Waals surface area contributed by atoms with Gasteiger partial charge in [0.15, 0.2) is 0 Å². The Labute approximate surface area is 194 Å². The Hall–Kier alpha value is -3.58. The van der Waals surface area contributed by atoms with E-state index in [-0.39, 0.29) is 5.91 Å². The van der Waals surface area contributed by atoms with E-state index in [2.05, 4.69) is 51.9 Å². The molecule has 0 unspecified atom stereocenters. The number of anilines is 1. The van der Waals surface area contributed by atoms with Crippen molar-refractivity contribution in [2.24, 2.45) is 7.05 Å². The number of imidazole rings is 1. The lowest BCUT2D eigenvalue weighted by Crippen LogP contribution is -2.26. The topological polar surface area (TPSA) is 64.3 Å². The first-order valence-electron chi connectivity index (χ1n) is 11.4. The second kappa shape index (κ2) is 10.4. The molecule has 4 rings (SSSR count). The lowest BCUT2D eigenvalue weighted by atomic mass is 10.2. The molecule has 0 aliphatic rings. The zero-order valence-electron chi connectivity index (χ0n) is 19.5. The molecule has 0 aliphatic carbocycles. The number of rotatable bonds is 10. The van der Waals surface area contributed by atoms with Crippen LogP contribution in [0.1, 0.15) is 30.0 Å². The van der Waals surface area contributed by atoms with E-state index < -0.39 is 0 Å². The minimum Gasteiger partial charge on any atom is -0.486 e. The predicted molar refractivity (Wildman–Crippen MR) is 132 cm³/mol. The predicted octanol–water partition coefficient (Wildman–Crippen LogP) is 4.55. The zero-order valence-corrected chi connectivity index (χ0v) is 19.5. The summed E-state index contributed by atoms with van der Waals surface area (Å²) in [6, 6.07) is 15.3. The van der Waals surface area contributed by atoms with Crippen LogP contribution in [0.4, 0.5) is 5.69 Å². The van der Waals surface area contributed by atoms with Gasteiger partial charge >= 0.3 is 0 Å². The fourth-order valence-corrected chi connectivity index (χ4v) is 3.85. The average Bonchev–Trinajstić information content (AvgIpc) is 3.44. The Morgan fingerprint density at radius 1 is 1.06 bits per heavy atom. The number of carbonyl (C=O) groups is 1. The van der Waals surface area contributed by atoms with E-state index in [1.807, 2.05) is 29.9 Å². The van der Waals surface area contributed by atoms with Gasteiger partial charge in [0.05, 0.1) is 0 Å². The summed E-state index contributed by atoms with van der Waals surface area (Å²) >= 11 is 0. The molecular weight excluding hydrogens is 414 g/mol. The molecule has 1 N–H and O–H groups in total. The zero-order chi connectivity index (χ0) is 23.2. The van der Waals surface area contributed by atoms with Crippen LogP contribution in [-0.2, 0) is 20.2 Å². The molecule has 172 valence electrons. The molecule has 0 fully saturated rings. The van der Waals surface area contributed by atoms with Gasteiger partial charge in [-0.25, -0.2) is 4.98 Å². The molecule has 0 spiro atoms. The largest absolute Gasteiger partial charge is 0.486 e. The van der Waals surface area contributed by atoms with Crippen molar-refractivity contribution in [3.8, 4) is 5.75 Å². The molecule has 0 saturated carbocycles. The number of amides is 1. The monoisotopic (exact) mass is 445 g/mol. The number of nitrogens with zero attached hydrogens (tertiary/aromatic N) is 4. The molecule has 7 heteroatoms. The summed E-state index contributed by atoms with van der Waals surface area (Å²) < 4.78 is 9.94. The lowest BCUT2D eigenvalue weighted by molar-refractivity contribution is 0.102. The Kier molecular flexibility index (Phi) is 7.10. The van der Waals surface area contributed by atoms with Crippen LogP contribution in [0, 0.1) is 0 Å². The number of hydrogen-bond donors (Lipinski definition) is 1. The second-order valence-corrected chi connectivity index (χ2v) is 8.03. The Morgan fingerprint density at radius 3 is 2.55 bits per heavy atom. The molecule has 2 heterocycles. The molecule has 4 aromatic rings. The standard InChI is InChI=1S/C26H31N5O2/c1-4-30(5-2)16-17-31-14-12-21-18-22(8-11-24(21)31)28-26(32)20-6-9-23(10-7-20)33-19-25-27-13-15-29(25)3/h6-15,18H,4-5,16-17,19H2,1-3H3,(H,28,32). The van der Waals surface area contributed by atoms with Gasteiger partial charge in [-0.05, 0) is 61.6 Å². The van der Waals surface area contributed by atoms with Crippen LogP contribution >= 0.6 is 0 Å². The first-order chi connectivity index (χ1) is 16.1. The number of hydrogen-bond acceptors (Lipinski definition) is 4. The van der Waals surface area contributed by atoms with Gasteiger partial charge in [0.1, 0.15) is 18.2 Å². The number of benzene rings is 2. The van der Waals surface area contributed by atoms with Crippen molar-refractivity contribution in [1.82, 2.24) is 19.0 Å². The first-order valence-corrected chi connectivity index (χ1v) is 11.4. The summed E-state index contributed by atoms with van der Waals surface area (Å²) in [5, 5.41) is 4.11. The van der Waals surface area contributed by atoms with Crippen molar-refractivity contribution in [3.05, 3.63) is 78.5 Å². The highest BCUT2D eigenvalue weighted by atomic mass is 16.5. The van der Waals surface area contributed by atoms with Crippen molar-refractivity contribution in [1.29, 1.82) is 0 Å². The van der Waals surface area contributed by atoms with E-state index in [0.717, 1.165) is 43.1 Å². The highest BCUT2D eigenvalue weighted by Crippen LogP contribution is 2.22. The summed E-state index contributed by atoms with van der Waals surface area (Å²) in [7, 11) is 1.93. The van der Waals surface area contributed by atoms with Gasteiger partial charge in [-0.1, -0.05) is 13.8 Å². The highest BCUT2D eigenvalue weighted by Gasteiger charge is 2.09. The number of ether oxygens (including phenoxy) is 1. The summed E-state index contributed by atoms with van der Waals surface area (Å²) in [6.45, 7) is 8.85. The van der Waals surface area contributed by atoms with Gasteiger partial charge in [-0.3, -0.25) is 4.79 Å². The van der Waals surface area contributed by atoms with E-state index in [1.54, 1.807) is 30.5 Å². The summed E-state index contributed by atoms with van der Waals surface area (Å²) in [5.74, 6) is 1.39. The van der Waals surface area contributed by atoms with Gasteiger partial charge in [-0.2, -0.15) is 0 Å². The molecule has 7 nitrogen and oxygen atoms in total. The van der Waals surface area contributed by atoms with Crippen molar-refractivity contribution in [2.45, 2.75) is 27.0 Å². The number of likely N-dealkylation sites (N-methyl/N-ethyl adjacent to an activating group) is 1. The van der Waals surface area contributed by atoms with Crippen molar-refractivity contribution >= 4 is 22.5 Å². The van der Waals surface area contributed by atoms with Crippen LogP contribution in [-0.4, -0.2) is 44.6 Å². The third kappa shape index (κ3) is 5.43. The maximum absolute atomic E-state index is 12.7. The van der Waals surface area contributed by atoms with Crippen LogP contribution in [0.5, 0.6) is 5.75 Å². The molecular formula is C26H31N5O2. The van der Waals surface area contributed by atoms with Crippen molar-refractivity contribution in [3.63, 3.8) is 0 Å². The Balaban J connectivity index is 1.36. The van der Waals surface area contributed by atoms with Crippen molar-refractivity contribution < 1.29 is 9.53 Å². The molecule has 0 aliphatic heterocycles. The molecule has 0 radical (unpaired) electrons. The number of carbonyl (C=O) groups excluding carboxylic acids is 1. The fraction of sp³-hybridized carbons (Fsp3) is 0.308. The van der Waals surface area contributed by atoms with Crippen LogP contribution in [0.2, 0.25) is 0 Å². The molecule has 1 amide bonds.